The van der Waals surface area contributed by atoms with Gasteiger partial charge in [0.25, 0.3) is 0 Å². The number of aromatic nitrogens is 1. The van der Waals surface area contributed by atoms with Gasteiger partial charge in [0, 0.05) is 11.6 Å². The first-order chi connectivity index (χ1) is 7.65. The van der Waals surface area contributed by atoms with Gasteiger partial charge in [0.1, 0.15) is 0 Å². The number of fused-ring (bicyclic) bond motifs is 1. The molecule has 1 heterocycles. The molecule has 0 saturated carbocycles. The van der Waals surface area contributed by atoms with E-state index >= 15 is 0 Å². The smallest absolute Gasteiger partial charge is 0.340 e. The highest BCUT2D eigenvalue weighted by molar-refractivity contribution is 6.40. The van der Waals surface area contributed by atoms with E-state index in [9.17, 15) is 4.79 Å². The van der Waals surface area contributed by atoms with E-state index in [1.807, 2.05) is 0 Å². The number of hydrogen-bond acceptors (Lipinski definition) is 3. The third kappa shape index (κ3) is 1.72. The number of hydrogen-bond donors (Lipinski definition) is 0. The molecule has 1 aromatic carbocycles. The Kier molecular flexibility index (Phi) is 2.99. The van der Waals surface area contributed by atoms with Crippen molar-refractivity contribution in [2.45, 2.75) is 0 Å². The second kappa shape index (κ2) is 4.28. The van der Waals surface area contributed by atoms with Gasteiger partial charge in [-0.2, -0.15) is 0 Å². The summed E-state index contributed by atoms with van der Waals surface area (Å²) in [7, 11) is 1.29. The number of benzene rings is 1. The Balaban J connectivity index is 2.75. The second-order valence-corrected chi connectivity index (χ2v) is 3.90. The molecule has 5 heteroatoms. The number of carbonyl (C=O) groups excluding carboxylic acids is 1. The van der Waals surface area contributed by atoms with Crippen molar-refractivity contribution >= 4 is 40.1 Å². The van der Waals surface area contributed by atoms with Crippen LogP contribution in [0.4, 0.5) is 0 Å². The standard InChI is InChI=1S/C11H7Cl2NO2/c1-16-11(15)7-5-14-10-6(9(7)13)3-2-4-8(10)12/h2-5H,1H3. The summed E-state index contributed by atoms with van der Waals surface area (Å²) in [5.41, 5.74) is 0.806. The van der Waals surface area contributed by atoms with Crippen molar-refractivity contribution in [2.75, 3.05) is 7.11 Å². The summed E-state index contributed by atoms with van der Waals surface area (Å²) in [5, 5.41) is 1.44. The number of carbonyl (C=O) groups is 1. The van der Waals surface area contributed by atoms with Crippen LogP contribution in [0.2, 0.25) is 10.0 Å². The molecular formula is C11H7Cl2NO2. The minimum absolute atomic E-state index is 0.235. The lowest BCUT2D eigenvalue weighted by molar-refractivity contribution is 0.0600. The number of rotatable bonds is 1. The van der Waals surface area contributed by atoms with E-state index in [2.05, 4.69) is 9.72 Å². The fraction of sp³-hybridized carbons (Fsp3) is 0.0909. The molecule has 0 unspecified atom stereocenters. The Morgan fingerprint density at radius 2 is 2.12 bits per heavy atom. The molecule has 0 radical (unpaired) electrons. The Morgan fingerprint density at radius 1 is 1.38 bits per heavy atom. The molecule has 0 aliphatic heterocycles. The van der Waals surface area contributed by atoms with Crippen molar-refractivity contribution in [2.24, 2.45) is 0 Å². The summed E-state index contributed by atoms with van der Waals surface area (Å²) in [4.78, 5) is 15.5. The van der Waals surface area contributed by atoms with E-state index in [1.54, 1.807) is 18.2 Å². The fourth-order valence-corrected chi connectivity index (χ4v) is 1.91. The van der Waals surface area contributed by atoms with Crippen molar-refractivity contribution in [3.05, 3.63) is 40.0 Å². The van der Waals surface area contributed by atoms with E-state index in [0.717, 1.165) is 0 Å². The number of pyridine rings is 1. The summed E-state index contributed by atoms with van der Waals surface area (Å²) in [5.74, 6) is -0.514. The monoisotopic (exact) mass is 255 g/mol. The fourth-order valence-electron chi connectivity index (χ4n) is 1.41. The molecule has 0 fully saturated rings. The summed E-state index contributed by atoms with van der Waals surface area (Å²) in [6.07, 6.45) is 1.36. The SMILES string of the molecule is COC(=O)c1cnc2c(Cl)cccc2c1Cl. The van der Waals surface area contributed by atoms with E-state index in [1.165, 1.54) is 13.3 Å². The Labute approximate surface area is 102 Å². The van der Waals surface area contributed by atoms with Crippen molar-refractivity contribution in [3.63, 3.8) is 0 Å². The number of nitrogens with zero attached hydrogens (tertiary/aromatic N) is 1. The van der Waals surface area contributed by atoms with Crippen LogP contribution in [0.15, 0.2) is 24.4 Å². The Hall–Kier alpha value is -1.32. The van der Waals surface area contributed by atoms with Crippen molar-refractivity contribution in [1.29, 1.82) is 0 Å². The van der Waals surface area contributed by atoms with Gasteiger partial charge in [-0.25, -0.2) is 4.79 Å². The molecule has 16 heavy (non-hydrogen) atoms. The molecule has 0 saturated heterocycles. The van der Waals surface area contributed by atoms with Gasteiger partial charge in [-0.3, -0.25) is 4.98 Å². The molecule has 0 bridgehead atoms. The van der Waals surface area contributed by atoms with Gasteiger partial charge in [-0.1, -0.05) is 35.3 Å². The van der Waals surface area contributed by atoms with E-state index in [0.29, 0.717) is 20.9 Å². The van der Waals surface area contributed by atoms with E-state index < -0.39 is 5.97 Å². The summed E-state index contributed by atoms with van der Waals surface area (Å²) >= 11 is 12.0. The molecule has 0 N–H and O–H groups in total. The zero-order valence-corrected chi connectivity index (χ0v) is 9.84. The first kappa shape index (κ1) is 11.2. The average Bonchev–Trinajstić information content (AvgIpc) is 2.30. The molecule has 2 aromatic rings. The maximum absolute atomic E-state index is 11.4. The van der Waals surface area contributed by atoms with Crippen LogP contribution < -0.4 is 0 Å². The third-order valence-corrected chi connectivity index (χ3v) is 2.90. The summed E-state index contributed by atoms with van der Waals surface area (Å²) < 4.78 is 4.60. The molecule has 0 atom stereocenters. The molecule has 0 aliphatic carbocycles. The molecule has 2 rings (SSSR count). The molecule has 0 aliphatic rings. The lowest BCUT2D eigenvalue weighted by Gasteiger charge is -2.05. The van der Waals surface area contributed by atoms with Gasteiger partial charge >= 0.3 is 5.97 Å². The van der Waals surface area contributed by atoms with Gasteiger partial charge in [-0.05, 0) is 6.07 Å². The Morgan fingerprint density at radius 3 is 2.81 bits per heavy atom. The third-order valence-electron chi connectivity index (χ3n) is 2.19. The summed E-state index contributed by atoms with van der Waals surface area (Å²) in [6, 6.07) is 5.22. The zero-order valence-electron chi connectivity index (χ0n) is 8.33. The molecular weight excluding hydrogens is 249 g/mol. The van der Waals surface area contributed by atoms with Gasteiger partial charge in [-0.15, -0.1) is 0 Å². The van der Waals surface area contributed by atoms with E-state index in [-0.39, 0.29) is 5.56 Å². The van der Waals surface area contributed by atoms with Crippen LogP contribution in [0, 0.1) is 0 Å². The zero-order chi connectivity index (χ0) is 11.7. The molecule has 0 amide bonds. The maximum atomic E-state index is 11.4. The predicted octanol–water partition coefficient (Wildman–Crippen LogP) is 3.33. The van der Waals surface area contributed by atoms with Crippen LogP contribution in [0.25, 0.3) is 10.9 Å². The average molecular weight is 256 g/mol. The van der Waals surface area contributed by atoms with Crippen LogP contribution in [-0.4, -0.2) is 18.1 Å². The van der Waals surface area contributed by atoms with Crippen molar-refractivity contribution < 1.29 is 9.53 Å². The van der Waals surface area contributed by atoms with Crippen LogP contribution in [0.3, 0.4) is 0 Å². The van der Waals surface area contributed by atoms with Gasteiger partial charge in [0.05, 0.1) is 28.2 Å². The van der Waals surface area contributed by atoms with Crippen LogP contribution in [0.5, 0.6) is 0 Å². The normalized spacial score (nSPS) is 10.4. The molecule has 3 nitrogen and oxygen atoms in total. The largest absolute Gasteiger partial charge is 0.465 e. The van der Waals surface area contributed by atoms with Crippen LogP contribution in [-0.2, 0) is 4.74 Å². The molecule has 1 aromatic heterocycles. The second-order valence-electron chi connectivity index (χ2n) is 3.11. The van der Waals surface area contributed by atoms with Gasteiger partial charge < -0.3 is 4.74 Å². The number of ether oxygens (including phenoxy) is 1. The first-order valence-corrected chi connectivity index (χ1v) is 5.21. The van der Waals surface area contributed by atoms with E-state index in [4.69, 9.17) is 23.2 Å². The highest BCUT2D eigenvalue weighted by atomic mass is 35.5. The highest BCUT2D eigenvalue weighted by Crippen LogP contribution is 2.29. The quantitative estimate of drug-likeness (QED) is 0.734. The topological polar surface area (TPSA) is 39.2 Å². The van der Waals surface area contributed by atoms with Crippen molar-refractivity contribution in [1.82, 2.24) is 4.98 Å². The Bertz CT molecular complexity index is 569. The van der Waals surface area contributed by atoms with Gasteiger partial charge in [0.15, 0.2) is 0 Å². The number of halogens is 2. The van der Waals surface area contributed by atoms with Gasteiger partial charge in [0.2, 0.25) is 0 Å². The number of para-hydroxylation sites is 1. The number of methoxy groups -OCH3 is 1. The number of esters is 1. The molecule has 82 valence electrons. The van der Waals surface area contributed by atoms with Crippen LogP contribution >= 0.6 is 23.2 Å². The highest BCUT2D eigenvalue weighted by Gasteiger charge is 2.15. The summed E-state index contributed by atoms with van der Waals surface area (Å²) in [6.45, 7) is 0. The lowest BCUT2D eigenvalue weighted by atomic mass is 10.1. The predicted molar refractivity (Wildman–Crippen MR) is 63.1 cm³/mol. The minimum atomic E-state index is -0.514. The van der Waals surface area contributed by atoms with Crippen LogP contribution in [0.1, 0.15) is 10.4 Å². The lowest BCUT2D eigenvalue weighted by Crippen LogP contribution is -2.03. The van der Waals surface area contributed by atoms with Crippen molar-refractivity contribution in [3.8, 4) is 0 Å². The first-order valence-electron chi connectivity index (χ1n) is 4.46. The molecule has 0 spiro atoms. The minimum Gasteiger partial charge on any atom is -0.465 e. The maximum Gasteiger partial charge on any atom is 0.340 e.